The molecule has 9 N–H and O–H groups in total. The number of unbranched alkanes of at least 4 members (excludes halogenated alkanes) is 48. The number of allylic oxidation sites excluding steroid dienone is 4. The topological polar surface area (TPSA) is 228 Å². The predicted octanol–water partition coefficient (Wildman–Crippen LogP) is 16.7. The predicted molar refractivity (Wildman–Crippen MR) is 369 cm³/mol. The molecule has 0 aliphatic carbocycles. The molecule has 0 bridgehead atoms. The Bertz CT molecular complexity index is 1600. The van der Waals surface area contributed by atoms with Crippen LogP contribution in [0.3, 0.4) is 0 Å². The van der Waals surface area contributed by atoms with Gasteiger partial charge < -0.3 is 65.1 Å². The quantitative estimate of drug-likeness (QED) is 0.0204. The third-order valence-corrected chi connectivity index (χ3v) is 19.2. The molecule has 2 aliphatic rings. The zero-order valence-corrected chi connectivity index (χ0v) is 58.2. The largest absolute Gasteiger partial charge is 0.394 e. The van der Waals surface area contributed by atoms with Crippen molar-refractivity contribution < 1.29 is 64.6 Å². The van der Waals surface area contributed by atoms with Crippen LogP contribution in [0.4, 0.5) is 0 Å². The van der Waals surface area contributed by atoms with Crippen molar-refractivity contribution in [3.8, 4) is 0 Å². The number of nitrogens with one attached hydrogen (secondary N) is 1. The lowest BCUT2D eigenvalue weighted by Crippen LogP contribution is -2.65. The van der Waals surface area contributed by atoms with Crippen LogP contribution >= 0.6 is 0 Å². The fraction of sp³-hybridized carbons (Fsp3) is 0.934. The van der Waals surface area contributed by atoms with Gasteiger partial charge in [-0.15, -0.1) is 0 Å². The van der Waals surface area contributed by atoms with Gasteiger partial charge in [0.1, 0.15) is 48.8 Å². The molecule has 12 atom stereocenters. The molecule has 2 heterocycles. The Morgan fingerprint density at radius 3 is 1.11 bits per heavy atom. The summed E-state index contributed by atoms with van der Waals surface area (Å²) in [5, 5.41) is 87.8. The van der Waals surface area contributed by atoms with E-state index >= 15 is 0 Å². The van der Waals surface area contributed by atoms with Gasteiger partial charge in [0.05, 0.1) is 32.0 Å². The number of ether oxygens (including phenoxy) is 4. The number of amides is 1. The molecule has 0 aromatic carbocycles. The Labute approximate surface area is 551 Å². The summed E-state index contributed by atoms with van der Waals surface area (Å²) >= 11 is 0. The number of hydrogen-bond acceptors (Lipinski definition) is 13. The van der Waals surface area contributed by atoms with Gasteiger partial charge in [-0.2, -0.15) is 0 Å². The minimum Gasteiger partial charge on any atom is -0.394 e. The molecule has 14 heteroatoms. The van der Waals surface area contributed by atoms with E-state index in [1.54, 1.807) is 0 Å². The fourth-order valence-electron chi connectivity index (χ4n) is 13.0. The smallest absolute Gasteiger partial charge is 0.220 e. The minimum absolute atomic E-state index is 0.200. The number of hydrogen-bond donors (Lipinski definition) is 9. The summed E-state index contributed by atoms with van der Waals surface area (Å²) in [6, 6.07) is -0.829. The summed E-state index contributed by atoms with van der Waals surface area (Å²) in [5.41, 5.74) is 0. The van der Waals surface area contributed by atoms with Crippen LogP contribution < -0.4 is 5.32 Å². The second kappa shape index (κ2) is 61.1. The van der Waals surface area contributed by atoms with Gasteiger partial charge in [0.2, 0.25) is 5.91 Å². The molecule has 0 aromatic rings. The molecule has 2 saturated heterocycles. The second-order valence-corrected chi connectivity index (χ2v) is 27.5. The van der Waals surface area contributed by atoms with E-state index in [1.165, 1.54) is 276 Å². The van der Waals surface area contributed by atoms with Crippen LogP contribution in [-0.4, -0.2) is 140 Å². The molecule has 2 rings (SSSR count). The van der Waals surface area contributed by atoms with Gasteiger partial charge >= 0.3 is 0 Å². The maximum absolute atomic E-state index is 13.4. The average molecular weight is 1280 g/mol. The van der Waals surface area contributed by atoms with E-state index in [1.807, 2.05) is 0 Å². The third kappa shape index (κ3) is 44.3. The highest BCUT2D eigenvalue weighted by atomic mass is 16.7. The van der Waals surface area contributed by atoms with Gasteiger partial charge in [-0.1, -0.05) is 334 Å². The van der Waals surface area contributed by atoms with Gasteiger partial charge in [0.15, 0.2) is 12.6 Å². The molecule has 2 fully saturated rings. The van der Waals surface area contributed by atoms with Crippen molar-refractivity contribution in [2.45, 2.75) is 434 Å². The van der Waals surface area contributed by atoms with Crippen LogP contribution in [0.15, 0.2) is 24.3 Å². The molecule has 0 radical (unpaired) electrons. The summed E-state index contributed by atoms with van der Waals surface area (Å²) in [5.74, 6) is -0.200. The third-order valence-electron chi connectivity index (χ3n) is 19.2. The van der Waals surface area contributed by atoms with E-state index in [-0.39, 0.29) is 12.5 Å². The average Bonchev–Trinajstić information content (AvgIpc) is 1.41. The van der Waals surface area contributed by atoms with E-state index in [9.17, 15) is 45.6 Å². The first-order chi connectivity index (χ1) is 44.1. The summed E-state index contributed by atoms with van der Waals surface area (Å²) < 4.78 is 23.0. The summed E-state index contributed by atoms with van der Waals surface area (Å²) in [6.45, 7) is 2.92. The number of carbonyl (C=O) groups excluding carboxylic acids is 1. The van der Waals surface area contributed by atoms with E-state index in [2.05, 4.69) is 43.5 Å². The van der Waals surface area contributed by atoms with Crippen molar-refractivity contribution in [1.82, 2.24) is 5.32 Å². The van der Waals surface area contributed by atoms with Gasteiger partial charge in [0, 0.05) is 6.42 Å². The van der Waals surface area contributed by atoms with E-state index in [0.717, 1.165) is 57.8 Å². The summed E-state index contributed by atoms with van der Waals surface area (Å²) in [6.07, 6.45) is 60.6. The first-order valence-electron chi connectivity index (χ1n) is 38.6. The highest BCUT2D eigenvalue weighted by Gasteiger charge is 2.51. The van der Waals surface area contributed by atoms with Crippen molar-refractivity contribution in [3.05, 3.63) is 24.3 Å². The number of carbonyl (C=O) groups is 1. The molecule has 2 aliphatic heterocycles. The molecule has 1 amide bonds. The van der Waals surface area contributed by atoms with Crippen molar-refractivity contribution in [3.63, 3.8) is 0 Å². The van der Waals surface area contributed by atoms with E-state index in [4.69, 9.17) is 18.9 Å². The van der Waals surface area contributed by atoms with Crippen molar-refractivity contribution in [2.75, 3.05) is 19.8 Å². The maximum atomic E-state index is 13.4. The first-order valence-corrected chi connectivity index (χ1v) is 38.6. The van der Waals surface area contributed by atoms with Gasteiger partial charge in [0.25, 0.3) is 0 Å². The van der Waals surface area contributed by atoms with Gasteiger partial charge in [-0.05, 0) is 44.9 Å². The lowest BCUT2D eigenvalue weighted by atomic mass is 9.97. The standard InChI is InChI=1S/C76H145NO13/c1-3-5-7-9-11-13-15-17-19-21-23-25-27-29-31-32-34-35-37-39-41-43-45-47-49-51-53-55-57-59-65(80)64(63-87-75-73(86)71(84)74(67(62-79)89-75)90-76-72(85)70(83)69(82)66(61-78)88-76)77-68(81)60-58-56-54-52-50-48-46-44-42-40-38-36-33-30-28-26-24-22-20-18-16-14-12-10-8-6-4-2/h16,18,22,24,64-67,69-76,78-80,82-86H,3-15,17,19-21,23,25-63H2,1-2H3,(H,77,81)/b18-16-,24-22-. The van der Waals surface area contributed by atoms with Crippen LogP contribution in [0.25, 0.3) is 0 Å². The molecule has 0 aromatic heterocycles. The molecule has 90 heavy (non-hydrogen) atoms. The monoisotopic (exact) mass is 1280 g/mol. The summed E-state index contributed by atoms with van der Waals surface area (Å²) in [4.78, 5) is 13.4. The molecule has 532 valence electrons. The van der Waals surface area contributed by atoms with E-state index < -0.39 is 86.8 Å². The number of rotatable bonds is 65. The SMILES string of the molecule is CCCCCCC/C=C\C/C=C\CCCCCCCCCCCCCCCCCC(=O)NC(COC1OC(CO)C(OC2OC(CO)C(O)C(O)C2O)C(O)C1O)C(O)CCCCCCCCCCCCCCCCCCCCCCCCCCCCCCC. The lowest BCUT2D eigenvalue weighted by Gasteiger charge is -2.46. The summed E-state index contributed by atoms with van der Waals surface area (Å²) in [7, 11) is 0. The van der Waals surface area contributed by atoms with Crippen molar-refractivity contribution in [1.29, 1.82) is 0 Å². The minimum atomic E-state index is -1.78. The molecule has 0 saturated carbocycles. The van der Waals surface area contributed by atoms with E-state index in [0.29, 0.717) is 12.8 Å². The molecule has 0 spiro atoms. The Kier molecular flexibility index (Phi) is 57.4. The van der Waals surface area contributed by atoms with Crippen LogP contribution in [0.5, 0.6) is 0 Å². The van der Waals surface area contributed by atoms with Crippen LogP contribution in [0.1, 0.15) is 361 Å². The Hall–Kier alpha value is -1.53. The normalized spacial score (nSPS) is 23.0. The Morgan fingerprint density at radius 1 is 0.400 bits per heavy atom. The Balaban J connectivity index is 1.63. The van der Waals surface area contributed by atoms with Crippen molar-refractivity contribution >= 4 is 5.91 Å². The Morgan fingerprint density at radius 2 is 0.733 bits per heavy atom. The number of aliphatic hydroxyl groups is 8. The van der Waals surface area contributed by atoms with Crippen LogP contribution in [-0.2, 0) is 23.7 Å². The molecular formula is C76H145NO13. The molecule has 12 unspecified atom stereocenters. The zero-order chi connectivity index (χ0) is 65.2. The van der Waals surface area contributed by atoms with Gasteiger partial charge in [-0.25, -0.2) is 0 Å². The number of aliphatic hydroxyl groups excluding tert-OH is 8. The highest BCUT2D eigenvalue weighted by molar-refractivity contribution is 5.76. The second-order valence-electron chi connectivity index (χ2n) is 27.5. The molecule has 14 nitrogen and oxygen atoms in total. The maximum Gasteiger partial charge on any atom is 0.220 e. The van der Waals surface area contributed by atoms with Crippen LogP contribution in [0.2, 0.25) is 0 Å². The first kappa shape index (κ1) is 84.6. The van der Waals surface area contributed by atoms with Crippen molar-refractivity contribution in [2.24, 2.45) is 0 Å². The zero-order valence-electron chi connectivity index (χ0n) is 58.2. The van der Waals surface area contributed by atoms with Gasteiger partial charge in [-0.3, -0.25) is 4.79 Å². The lowest BCUT2D eigenvalue weighted by molar-refractivity contribution is -0.359. The van der Waals surface area contributed by atoms with Crippen LogP contribution in [0, 0.1) is 0 Å². The highest BCUT2D eigenvalue weighted by Crippen LogP contribution is 2.30. The molecular weight excluding hydrogens is 1130 g/mol. The fourth-order valence-corrected chi connectivity index (χ4v) is 13.0.